The summed E-state index contributed by atoms with van der Waals surface area (Å²) in [4.78, 5) is 31.5. The van der Waals surface area contributed by atoms with Crippen molar-refractivity contribution in [2.75, 3.05) is 51.3 Å². The Hall–Kier alpha value is -3.02. The number of ether oxygens (including phenoxy) is 1. The van der Waals surface area contributed by atoms with Gasteiger partial charge < -0.3 is 19.4 Å². The molecule has 0 aromatic heterocycles. The molecule has 0 unspecified atom stereocenters. The van der Waals surface area contributed by atoms with Gasteiger partial charge in [0.15, 0.2) is 0 Å². The number of carbonyl (C=O) groups is 2. The van der Waals surface area contributed by atoms with Gasteiger partial charge in [0.1, 0.15) is 5.75 Å². The van der Waals surface area contributed by atoms with Crippen LogP contribution in [0.1, 0.15) is 12.0 Å². The Morgan fingerprint density at radius 1 is 1.03 bits per heavy atom. The number of anilines is 1. The van der Waals surface area contributed by atoms with Crippen molar-refractivity contribution in [3.63, 3.8) is 0 Å². The summed E-state index contributed by atoms with van der Waals surface area (Å²) in [5, 5.41) is 0. The van der Waals surface area contributed by atoms with Crippen LogP contribution in [0.4, 0.5) is 5.69 Å². The maximum Gasteiger partial charge on any atom is 0.228 e. The average molecular weight is 408 g/mol. The fraction of sp³-hybridized carbons (Fsp3) is 0.417. The monoisotopic (exact) mass is 407 g/mol. The largest absolute Gasteiger partial charge is 0.497 e. The van der Waals surface area contributed by atoms with Crippen LogP contribution in [0.25, 0.3) is 0 Å². The molecule has 1 atom stereocenters. The molecule has 158 valence electrons. The molecule has 2 saturated heterocycles. The van der Waals surface area contributed by atoms with Gasteiger partial charge in [-0.3, -0.25) is 9.59 Å². The van der Waals surface area contributed by atoms with E-state index in [1.54, 1.807) is 7.11 Å². The first kappa shape index (κ1) is 20.3. The Balaban J connectivity index is 1.28. The van der Waals surface area contributed by atoms with Crippen molar-refractivity contribution in [1.29, 1.82) is 0 Å². The zero-order chi connectivity index (χ0) is 20.9. The molecule has 0 bridgehead atoms. The van der Waals surface area contributed by atoms with E-state index in [-0.39, 0.29) is 17.7 Å². The van der Waals surface area contributed by atoms with E-state index in [0.717, 1.165) is 30.9 Å². The summed E-state index contributed by atoms with van der Waals surface area (Å²) in [7, 11) is 1.67. The first-order valence-corrected chi connectivity index (χ1v) is 10.6. The highest BCUT2D eigenvalue weighted by atomic mass is 16.5. The van der Waals surface area contributed by atoms with Crippen LogP contribution in [0.2, 0.25) is 0 Å². The number of rotatable bonds is 6. The predicted molar refractivity (Wildman–Crippen MR) is 117 cm³/mol. The summed E-state index contributed by atoms with van der Waals surface area (Å²) in [5.41, 5.74) is 2.33. The van der Waals surface area contributed by atoms with Crippen molar-refractivity contribution >= 4 is 17.5 Å². The van der Waals surface area contributed by atoms with Crippen LogP contribution >= 0.6 is 0 Å². The van der Waals surface area contributed by atoms with Crippen LogP contribution in [0.3, 0.4) is 0 Å². The maximum absolute atomic E-state index is 13.0. The molecule has 2 aromatic rings. The molecule has 2 aromatic carbocycles. The lowest BCUT2D eigenvalue weighted by molar-refractivity contribution is -0.136. The minimum absolute atomic E-state index is 0.0966. The normalized spacial score (nSPS) is 19.3. The SMILES string of the molecule is COc1cccc(N2CCN(C(=O)[C@H]3CC(=O)N(CCc4ccccc4)C3)CC2)c1. The molecule has 6 nitrogen and oxygen atoms in total. The molecular formula is C24H29N3O3. The smallest absolute Gasteiger partial charge is 0.228 e. The fourth-order valence-corrected chi connectivity index (χ4v) is 4.31. The Bertz CT molecular complexity index is 878. The third-order valence-electron chi connectivity index (χ3n) is 6.09. The summed E-state index contributed by atoms with van der Waals surface area (Å²) < 4.78 is 5.31. The lowest BCUT2D eigenvalue weighted by Gasteiger charge is -2.37. The lowest BCUT2D eigenvalue weighted by Crippen LogP contribution is -2.50. The quantitative estimate of drug-likeness (QED) is 0.738. The van der Waals surface area contributed by atoms with Crippen LogP contribution in [0.5, 0.6) is 5.75 Å². The molecule has 4 rings (SSSR count). The molecule has 2 heterocycles. The van der Waals surface area contributed by atoms with E-state index in [9.17, 15) is 9.59 Å². The van der Waals surface area contributed by atoms with Crippen molar-refractivity contribution in [3.8, 4) is 5.75 Å². The van der Waals surface area contributed by atoms with E-state index in [1.807, 2.05) is 46.2 Å². The van der Waals surface area contributed by atoms with E-state index >= 15 is 0 Å². The molecule has 0 radical (unpaired) electrons. The van der Waals surface area contributed by atoms with Crippen molar-refractivity contribution in [1.82, 2.24) is 9.80 Å². The second-order valence-electron chi connectivity index (χ2n) is 7.99. The molecule has 2 amide bonds. The summed E-state index contributed by atoms with van der Waals surface area (Å²) in [5.74, 6) is 0.845. The van der Waals surface area contributed by atoms with Gasteiger partial charge in [0.25, 0.3) is 0 Å². The standard InChI is InChI=1S/C24H29N3O3/c1-30-22-9-5-8-21(17-22)25-12-14-26(15-13-25)24(29)20-16-23(28)27(18-20)11-10-19-6-3-2-4-7-19/h2-9,17,20H,10-16,18H2,1H3/t20-/m0/s1. The number of hydrogen-bond acceptors (Lipinski definition) is 4. The number of nitrogens with zero attached hydrogens (tertiary/aromatic N) is 3. The average Bonchev–Trinajstić information content (AvgIpc) is 3.18. The zero-order valence-electron chi connectivity index (χ0n) is 17.5. The number of hydrogen-bond donors (Lipinski definition) is 0. The molecule has 0 saturated carbocycles. The first-order chi connectivity index (χ1) is 14.6. The van der Waals surface area contributed by atoms with Gasteiger partial charge in [0.05, 0.1) is 13.0 Å². The first-order valence-electron chi connectivity index (χ1n) is 10.6. The second kappa shape index (κ2) is 9.20. The maximum atomic E-state index is 13.0. The molecule has 6 heteroatoms. The van der Waals surface area contributed by atoms with Crippen molar-refractivity contribution in [2.24, 2.45) is 5.92 Å². The highest BCUT2D eigenvalue weighted by Crippen LogP contribution is 2.24. The van der Waals surface area contributed by atoms with E-state index in [2.05, 4.69) is 23.1 Å². The van der Waals surface area contributed by atoms with Crippen LogP contribution < -0.4 is 9.64 Å². The van der Waals surface area contributed by atoms with Crippen LogP contribution in [-0.2, 0) is 16.0 Å². The third-order valence-corrected chi connectivity index (χ3v) is 6.09. The van der Waals surface area contributed by atoms with Gasteiger partial charge in [-0.15, -0.1) is 0 Å². The summed E-state index contributed by atoms with van der Waals surface area (Å²) >= 11 is 0. The number of benzene rings is 2. The summed E-state index contributed by atoms with van der Waals surface area (Å²) in [6.45, 7) is 4.17. The predicted octanol–water partition coefficient (Wildman–Crippen LogP) is 2.44. The molecular weight excluding hydrogens is 378 g/mol. The van der Waals surface area contributed by atoms with Gasteiger partial charge in [0, 0.05) is 57.4 Å². The number of methoxy groups -OCH3 is 1. The highest BCUT2D eigenvalue weighted by Gasteiger charge is 2.37. The number of piperazine rings is 1. The van der Waals surface area contributed by atoms with Gasteiger partial charge in [-0.25, -0.2) is 0 Å². The second-order valence-corrected chi connectivity index (χ2v) is 7.99. The highest BCUT2D eigenvalue weighted by molar-refractivity contribution is 5.89. The molecule has 0 aliphatic carbocycles. The van der Waals surface area contributed by atoms with E-state index < -0.39 is 0 Å². The lowest BCUT2D eigenvalue weighted by atomic mass is 10.1. The van der Waals surface area contributed by atoms with Gasteiger partial charge in [-0.05, 0) is 24.1 Å². The van der Waals surface area contributed by atoms with E-state index in [0.29, 0.717) is 32.6 Å². The summed E-state index contributed by atoms with van der Waals surface area (Å²) in [6.07, 6.45) is 1.16. The minimum Gasteiger partial charge on any atom is -0.497 e. The topological polar surface area (TPSA) is 53.1 Å². The molecule has 0 N–H and O–H groups in total. The van der Waals surface area contributed by atoms with Crippen molar-refractivity contribution in [3.05, 3.63) is 60.2 Å². The Morgan fingerprint density at radius 3 is 2.53 bits per heavy atom. The Kier molecular flexibility index (Phi) is 6.21. The zero-order valence-corrected chi connectivity index (χ0v) is 17.5. The number of carbonyl (C=O) groups excluding carboxylic acids is 2. The third kappa shape index (κ3) is 4.58. The fourth-order valence-electron chi connectivity index (χ4n) is 4.31. The number of amides is 2. The molecule has 30 heavy (non-hydrogen) atoms. The van der Waals surface area contributed by atoms with Crippen LogP contribution in [0.15, 0.2) is 54.6 Å². The molecule has 2 aliphatic heterocycles. The Labute approximate surface area is 178 Å². The summed E-state index contributed by atoms with van der Waals surface area (Å²) in [6, 6.07) is 18.2. The van der Waals surface area contributed by atoms with Gasteiger partial charge >= 0.3 is 0 Å². The molecule has 0 spiro atoms. The molecule has 2 aliphatic rings. The number of likely N-dealkylation sites (tertiary alicyclic amines) is 1. The minimum atomic E-state index is -0.211. The van der Waals surface area contributed by atoms with E-state index in [1.165, 1.54) is 5.56 Å². The van der Waals surface area contributed by atoms with E-state index in [4.69, 9.17) is 4.74 Å². The van der Waals surface area contributed by atoms with Gasteiger partial charge in [-0.1, -0.05) is 36.4 Å². The van der Waals surface area contributed by atoms with Crippen molar-refractivity contribution in [2.45, 2.75) is 12.8 Å². The van der Waals surface area contributed by atoms with Crippen molar-refractivity contribution < 1.29 is 14.3 Å². The Morgan fingerprint density at radius 2 is 1.80 bits per heavy atom. The van der Waals surface area contributed by atoms with Crippen LogP contribution in [-0.4, -0.2) is 68.0 Å². The van der Waals surface area contributed by atoms with Crippen LogP contribution in [0, 0.1) is 5.92 Å². The van der Waals surface area contributed by atoms with Gasteiger partial charge in [0.2, 0.25) is 11.8 Å². The van der Waals surface area contributed by atoms with Gasteiger partial charge in [-0.2, -0.15) is 0 Å². The molecule has 2 fully saturated rings.